The molecule has 0 amide bonds. The van der Waals surface area contributed by atoms with E-state index in [0.29, 0.717) is 19.4 Å². The van der Waals surface area contributed by atoms with Gasteiger partial charge in [-0.05, 0) is 64.3 Å². The molecule has 2 aliphatic rings. The molecule has 0 aromatic heterocycles. The Hall–Kier alpha value is -3.75. The number of hydrogen-bond donors (Lipinski definition) is 2. The van der Waals surface area contributed by atoms with Gasteiger partial charge in [-0.25, -0.2) is 0 Å². The second kappa shape index (κ2) is 14.3. The number of aliphatic carboxylic acids is 1. The van der Waals surface area contributed by atoms with E-state index < -0.39 is 16.1 Å². The maximum absolute atomic E-state index is 11.4. The number of nitrogens with zero attached hydrogens (tertiary/aromatic N) is 2. The van der Waals surface area contributed by atoms with Gasteiger partial charge < -0.3 is 10.0 Å². The van der Waals surface area contributed by atoms with E-state index in [1.165, 1.54) is 33.6 Å². The summed E-state index contributed by atoms with van der Waals surface area (Å²) < 4.78 is 34.2. The maximum atomic E-state index is 11.4. The summed E-state index contributed by atoms with van der Waals surface area (Å²) >= 11 is 0. The van der Waals surface area contributed by atoms with Crippen LogP contribution >= 0.6 is 0 Å². The molecule has 0 saturated heterocycles. The first kappa shape index (κ1) is 35.1. The second-order valence-corrected chi connectivity index (χ2v) is 15.1. The predicted molar refractivity (Wildman–Crippen MR) is 188 cm³/mol. The van der Waals surface area contributed by atoms with E-state index in [4.69, 9.17) is 5.11 Å². The highest BCUT2D eigenvalue weighted by Gasteiger charge is 2.44. The van der Waals surface area contributed by atoms with Gasteiger partial charge >= 0.3 is 5.97 Å². The van der Waals surface area contributed by atoms with Crippen molar-refractivity contribution in [3.8, 4) is 0 Å². The Labute approximate surface area is 275 Å². The number of anilines is 1. The van der Waals surface area contributed by atoms with E-state index in [9.17, 15) is 17.8 Å². The van der Waals surface area contributed by atoms with Crippen LogP contribution in [-0.2, 0) is 25.7 Å². The summed E-state index contributed by atoms with van der Waals surface area (Å²) in [6, 6.07) is 13.0. The van der Waals surface area contributed by atoms with Gasteiger partial charge in [0.15, 0.2) is 5.71 Å². The summed E-state index contributed by atoms with van der Waals surface area (Å²) in [5.41, 5.74) is 9.11. The van der Waals surface area contributed by atoms with Gasteiger partial charge in [-0.3, -0.25) is 9.35 Å². The van der Waals surface area contributed by atoms with Crippen molar-refractivity contribution in [1.82, 2.24) is 0 Å². The number of fused-ring (bicyclic) bond motifs is 2. The van der Waals surface area contributed by atoms with E-state index >= 15 is 0 Å². The molecule has 0 aliphatic carbocycles. The zero-order chi connectivity index (χ0) is 33.7. The maximum Gasteiger partial charge on any atom is 0.303 e. The van der Waals surface area contributed by atoms with Gasteiger partial charge in [0.1, 0.15) is 6.54 Å². The first-order chi connectivity index (χ1) is 21.6. The zero-order valence-electron chi connectivity index (χ0n) is 28.1. The fourth-order valence-electron chi connectivity index (χ4n) is 6.67. The standard InChI is InChI=1S/C38H48N2O5S/c1-28-19-21-32-30(26-28)37(3,4)34(39(32)23-14-10-13-18-36(41)42)16-11-8-7-9-12-17-35-38(5,6)31-27-29(2)20-22-33(31)40(35)24-15-25-46(43,44)45/h7-9,11-12,16-17,19-22,26-27H,10,13-15,18,23-25H2,1-6H3,(H-,41,42,43,44,45)/p+1. The Morgan fingerprint density at radius 3 is 2.20 bits per heavy atom. The van der Waals surface area contributed by atoms with Crippen LogP contribution < -0.4 is 4.90 Å². The van der Waals surface area contributed by atoms with Gasteiger partial charge in [-0.1, -0.05) is 80.0 Å². The highest BCUT2D eigenvalue weighted by Crippen LogP contribution is 2.48. The fraction of sp³-hybridized carbons (Fsp3) is 0.421. The van der Waals surface area contributed by atoms with Crippen LogP contribution in [0.5, 0.6) is 0 Å². The summed E-state index contributed by atoms with van der Waals surface area (Å²) in [6.07, 6.45) is 17.4. The Balaban J connectivity index is 1.52. The lowest BCUT2D eigenvalue weighted by atomic mass is 9.81. The summed E-state index contributed by atoms with van der Waals surface area (Å²) in [7, 11) is -4.02. The molecule has 8 heteroatoms. The van der Waals surface area contributed by atoms with E-state index in [0.717, 1.165) is 30.8 Å². The Morgan fingerprint density at radius 2 is 1.50 bits per heavy atom. The van der Waals surface area contributed by atoms with Crippen LogP contribution in [0.25, 0.3) is 0 Å². The minimum absolute atomic E-state index is 0.159. The lowest BCUT2D eigenvalue weighted by Crippen LogP contribution is -2.28. The van der Waals surface area contributed by atoms with Crippen LogP contribution in [0.4, 0.5) is 11.4 Å². The molecule has 2 aliphatic heterocycles. The van der Waals surface area contributed by atoms with Crippen LogP contribution in [0.1, 0.15) is 82.1 Å². The molecule has 0 bridgehead atoms. The quantitative estimate of drug-likeness (QED) is 0.0937. The molecule has 2 heterocycles. The molecule has 0 fully saturated rings. The van der Waals surface area contributed by atoms with Crippen molar-refractivity contribution in [3.05, 3.63) is 107 Å². The van der Waals surface area contributed by atoms with Gasteiger partial charge in [0.2, 0.25) is 5.69 Å². The topological polar surface area (TPSA) is 97.9 Å². The van der Waals surface area contributed by atoms with E-state index in [2.05, 4.69) is 106 Å². The summed E-state index contributed by atoms with van der Waals surface area (Å²) in [4.78, 5) is 13.3. The average molecular weight is 646 g/mol. The van der Waals surface area contributed by atoms with Crippen LogP contribution in [0, 0.1) is 13.8 Å². The number of benzene rings is 2. The van der Waals surface area contributed by atoms with Crippen LogP contribution in [0.2, 0.25) is 0 Å². The lowest BCUT2D eigenvalue weighted by Gasteiger charge is -2.27. The minimum Gasteiger partial charge on any atom is -0.481 e. The number of rotatable bonds is 14. The van der Waals surface area contributed by atoms with Gasteiger partial charge in [0.05, 0.1) is 11.2 Å². The summed E-state index contributed by atoms with van der Waals surface area (Å²) in [5.74, 6) is -1.01. The first-order valence-corrected chi connectivity index (χ1v) is 17.8. The third kappa shape index (κ3) is 8.15. The minimum atomic E-state index is -4.02. The van der Waals surface area contributed by atoms with E-state index in [1.54, 1.807) is 0 Å². The Morgan fingerprint density at radius 1 is 0.848 bits per heavy atom. The molecule has 2 N–H and O–H groups in total. The second-order valence-electron chi connectivity index (χ2n) is 13.5. The average Bonchev–Trinajstić information content (AvgIpc) is 3.29. The lowest BCUT2D eigenvalue weighted by molar-refractivity contribution is -0.437. The van der Waals surface area contributed by atoms with Gasteiger partial charge in [0, 0.05) is 53.9 Å². The number of unbranched alkanes of at least 4 members (excludes halogenated alkanes) is 2. The van der Waals surface area contributed by atoms with E-state index in [1.807, 2.05) is 24.3 Å². The number of allylic oxidation sites excluding steroid dienone is 8. The van der Waals surface area contributed by atoms with Crippen molar-refractivity contribution in [2.24, 2.45) is 0 Å². The summed E-state index contributed by atoms with van der Waals surface area (Å²) in [5, 5.41) is 8.99. The highest BCUT2D eigenvalue weighted by atomic mass is 32.2. The van der Waals surface area contributed by atoms with Gasteiger partial charge in [-0.2, -0.15) is 13.0 Å². The van der Waals surface area contributed by atoms with Crippen LogP contribution in [0.15, 0.2) is 84.6 Å². The Kier molecular flexibility index (Phi) is 11.0. The molecule has 7 nitrogen and oxygen atoms in total. The SMILES string of the molecule is Cc1ccc2c(c1)C(C)(C)C(/C=C/C=C/C=C/C=C1/N(CCCCCC(=O)O)c3ccc(C)cc3C1(C)C)=[N+]2CCCS(=O)(=O)O. The third-order valence-corrected chi connectivity index (χ3v) is 9.91. The molecule has 0 radical (unpaired) electrons. The zero-order valence-corrected chi connectivity index (χ0v) is 28.9. The molecular formula is C38H49N2O5S+. The molecule has 0 atom stereocenters. The fourth-order valence-corrected chi connectivity index (χ4v) is 7.17. The number of aryl methyl sites for hydroxylation is 2. The smallest absolute Gasteiger partial charge is 0.303 e. The van der Waals surface area contributed by atoms with Crippen molar-refractivity contribution >= 4 is 33.2 Å². The number of hydrogen-bond acceptors (Lipinski definition) is 4. The summed E-state index contributed by atoms with van der Waals surface area (Å²) in [6.45, 7) is 14.4. The van der Waals surface area contributed by atoms with Gasteiger partial charge in [0.25, 0.3) is 10.1 Å². The third-order valence-electron chi connectivity index (χ3n) is 9.10. The van der Waals surface area contributed by atoms with Crippen molar-refractivity contribution in [2.75, 3.05) is 23.7 Å². The molecule has 0 unspecified atom stereocenters. The molecule has 0 spiro atoms. The van der Waals surface area contributed by atoms with Crippen LogP contribution in [0.3, 0.4) is 0 Å². The molecular weight excluding hydrogens is 596 g/mol. The van der Waals surface area contributed by atoms with Crippen molar-refractivity contribution < 1.29 is 27.4 Å². The first-order valence-electron chi connectivity index (χ1n) is 16.2. The largest absolute Gasteiger partial charge is 0.481 e. The highest BCUT2D eigenvalue weighted by molar-refractivity contribution is 7.85. The number of carbonyl (C=O) groups is 1. The molecule has 4 rings (SSSR count). The molecule has 46 heavy (non-hydrogen) atoms. The number of carboxylic acids is 1. The number of carboxylic acid groups (broad SMARTS) is 1. The van der Waals surface area contributed by atoms with Crippen molar-refractivity contribution in [2.45, 2.75) is 84.5 Å². The van der Waals surface area contributed by atoms with E-state index in [-0.39, 0.29) is 23.0 Å². The predicted octanol–water partition coefficient (Wildman–Crippen LogP) is 7.95. The normalized spacial score (nSPS) is 18.1. The van der Waals surface area contributed by atoms with Crippen molar-refractivity contribution in [1.29, 1.82) is 0 Å². The Bertz CT molecular complexity index is 1720. The molecule has 2 aromatic carbocycles. The van der Waals surface area contributed by atoms with Crippen LogP contribution in [-0.4, -0.2) is 53.2 Å². The monoisotopic (exact) mass is 645 g/mol. The van der Waals surface area contributed by atoms with Crippen molar-refractivity contribution in [3.63, 3.8) is 0 Å². The molecule has 2 aromatic rings. The van der Waals surface area contributed by atoms with Gasteiger partial charge in [-0.15, -0.1) is 0 Å². The molecule has 0 saturated carbocycles. The molecule has 246 valence electrons.